The van der Waals surface area contributed by atoms with Gasteiger partial charge in [-0.05, 0) is 31.5 Å². The first kappa shape index (κ1) is 14.7. The van der Waals surface area contributed by atoms with E-state index in [1.54, 1.807) is 26.4 Å². The van der Waals surface area contributed by atoms with Gasteiger partial charge in [0.15, 0.2) is 5.69 Å². The van der Waals surface area contributed by atoms with Gasteiger partial charge in [0, 0.05) is 31.1 Å². The first-order valence-electron chi connectivity index (χ1n) is 6.58. The third-order valence-electron chi connectivity index (χ3n) is 3.01. The third kappa shape index (κ3) is 3.25. The molecule has 0 radical (unpaired) electrons. The average molecular weight is 283 g/mol. The molecule has 1 aromatic carbocycles. The molecule has 0 fully saturated rings. The topological polar surface area (TPSA) is 64.0 Å². The van der Waals surface area contributed by atoms with Crippen LogP contribution in [0, 0.1) is 6.92 Å². The molecule has 0 atom stereocenters. The Bertz CT molecular complexity index is 760. The Kier molecular flexibility index (Phi) is 4.33. The van der Waals surface area contributed by atoms with Crippen molar-refractivity contribution in [1.82, 2.24) is 15.1 Å². The predicted octanol–water partition coefficient (Wildman–Crippen LogP) is 1.85. The molecule has 5 nitrogen and oxygen atoms in total. The molecule has 2 rings (SSSR count). The van der Waals surface area contributed by atoms with E-state index >= 15 is 0 Å². The number of nitrogens with zero attached hydrogens (tertiary/aromatic N) is 2. The van der Waals surface area contributed by atoms with Crippen molar-refractivity contribution in [2.75, 3.05) is 7.05 Å². The Morgan fingerprint density at radius 2 is 2.10 bits per heavy atom. The molecule has 1 N–H and O–H groups in total. The molecule has 0 saturated heterocycles. The van der Waals surface area contributed by atoms with Crippen molar-refractivity contribution in [3.05, 3.63) is 69.8 Å². The summed E-state index contributed by atoms with van der Waals surface area (Å²) in [7, 11) is 1.69. The average Bonchev–Trinajstić information content (AvgIpc) is 2.47. The zero-order valence-corrected chi connectivity index (χ0v) is 12.3. The van der Waals surface area contributed by atoms with Crippen molar-refractivity contribution >= 4 is 5.78 Å². The zero-order chi connectivity index (χ0) is 15.4. The van der Waals surface area contributed by atoms with Crippen LogP contribution in [0.3, 0.4) is 0 Å². The number of hydrogen-bond donors (Lipinski definition) is 1. The number of carbonyl (C=O) groups excluding carboxylic acids is 1. The number of hydrogen-bond acceptors (Lipinski definition) is 4. The van der Waals surface area contributed by atoms with Gasteiger partial charge in [0.1, 0.15) is 0 Å². The highest BCUT2D eigenvalue weighted by atomic mass is 16.1. The number of allylic oxidation sites excluding steroid dienone is 1. The van der Waals surface area contributed by atoms with Crippen molar-refractivity contribution in [3.8, 4) is 5.69 Å². The van der Waals surface area contributed by atoms with Gasteiger partial charge in [0.25, 0.3) is 0 Å². The van der Waals surface area contributed by atoms with E-state index in [1.165, 1.54) is 10.7 Å². The van der Waals surface area contributed by atoms with Crippen LogP contribution in [0.4, 0.5) is 0 Å². The van der Waals surface area contributed by atoms with Crippen molar-refractivity contribution in [2.24, 2.45) is 0 Å². The van der Waals surface area contributed by atoms with E-state index in [2.05, 4.69) is 10.4 Å². The Morgan fingerprint density at radius 3 is 2.76 bits per heavy atom. The van der Waals surface area contributed by atoms with Crippen LogP contribution in [0.2, 0.25) is 0 Å². The highest BCUT2D eigenvalue weighted by molar-refractivity contribution is 6.06. The molecule has 0 aliphatic heterocycles. The molecular formula is C16H17N3O2. The maximum Gasteiger partial charge on any atom is 0.214 e. The Morgan fingerprint density at radius 1 is 1.33 bits per heavy atom. The predicted molar refractivity (Wildman–Crippen MR) is 81.7 cm³/mol. The maximum atomic E-state index is 12.2. The Labute approximate surface area is 122 Å². The number of rotatable bonds is 4. The van der Waals surface area contributed by atoms with Crippen molar-refractivity contribution < 1.29 is 4.79 Å². The minimum absolute atomic E-state index is 0.0805. The van der Waals surface area contributed by atoms with Gasteiger partial charge >= 0.3 is 0 Å². The Hall–Kier alpha value is -2.69. The monoisotopic (exact) mass is 283 g/mol. The van der Waals surface area contributed by atoms with Gasteiger partial charge < -0.3 is 5.32 Å². The summed E-state index contributed by atoms with van der Waals surface area (Å²) in [5.74, 6) is -0.378. The third-order valence-corrected chi connectivity index (χ3v) is 3.01. The van der Waals surface area contributed by atoms with Gasteiger partial charge in [0.2, 0.25) is 11.2 Å². The van der Waals surface area contributed by atoms with E-state index in [-0.39, 0.29) is 16.9 Å². The van der Waals surface area contributed by atoms with Crippen LogP contribution in [-0.4, -0.2) is 22.6 Å². The molecule has 2 aromatic rings. The molecule has 0 aliphatic rings. The van der Waals surface area contributed by atoms with Crippen molar-refractivity contribution in [1.29, 1.82) is 0 Å². The fourth-order valence-corrected chi connectivity index (χ4v) is 1.95. The normalized spacial score (nSPS) is 11.3. The summed E-state index contributed by atoms with van der Waals surface area (Å²) in [5.41, 5.74) is 1.85. The molecule has 108 valence electrons. The fraction of sp³-hybridized carbons (Fsp3) is 0.188. The van der Waals surface area contributed by atoms with E-state index in [0.29, 0.717) is 5.57 Å². The molecule has 0 unspecified atom stereocenters. The number of benzene rings is 1. The summed E-state index contributed by atoms with van der Waals surface area (Å²) < 4.78 is 1.54. The van der Waals surface area contributed by atoms with Gasteiger partial charge in [-0.1, -0.05) is 12.1 Å². The van der Waals surface area contributed by atoms with E-state index in [9.17, 15) is 9.59 Å². The van der Waals surface area contributed by atoms with Crippen molar-refractivity contribution in [3.63, 3.8) is 0 Å². The van der Waals surface area contributed by atoms with E-state index in [4.69, 9.17) is 0 Å². The summed E-state index contributed by atoms with van der Waals surface area (Å²) in [6, 6.07) is 9.03. The van der Waals surface area contributed by atoms with Crippen LogP contribution in [-0.2, 0) is 0 Å². The standard InChI is InChI=1S/C16H17N3O2/c1-11-5-4-6-13(9-11)19-8-7-14(20)15(18-19)16(21)12(2)10-17-3/h4-10,17H,1-3H3/b12-10+. The number of aromatic nitrogens is 2. The van der Waals surface area contributed by atoms with Crippen LogP contribution in [0.5, 0.6) is 0 Å². The molecule has 21 heavy (non-hydrogen) atoms. The van der Waals surface area contributed by atoms with Gasteiger partial charge in [-0.25, -0.2) is 4.68 Å². The second-order valence-corrected chi connectivity index (χ2v) is 4.76. The maximum absolute atomic E-state index is 12.2. The molecule has 0 amide bonds. The van der Waals surface area contributed by atoms with Gasteiger partial charge in [-0.2, -0.15) is 5.10 Å². The van der Waals surface area contributed by atoms with Gasteiger partial charge in [-0.3, -0.25) is 9.59 Å². The second-order valence-electron chi connectivity index (χ2n) is 4.76. The van der Waals surface area contributed by atoms with Gasteiger partial charge in [-0.15, -0.1) is 0 Å². The van der Waals surface area contributed by atoms with Crippen LogP contribution in [0.15, 0.2) is 53.1 Å². The minimum Gasteiger partial charge on any atom is -0.394 e. The van der Waals surface area contributed by atoms with Crippen LogP contribution >= 0.6 is 0 Å². The SMILES string of the molecule is CN/C=C(\C)C(=O)c1nn(-c2cccc(C)c2)ccc1=O. The number of aryl methyl sites for hydroxylation is 1. The molecule has 0 aliphatic carbocycles. The first-order valence-corrected chi connectivity index (χ1v) is 6.58. The summed E-state index contributed by atoms with van der Waals surface area (Å²) in [4.78, 5) is 24.1. The molecule has 0 spiro atoms. The highest BCUT2D eigenvalue weighted by Crippen LogP contribution is 2.09. The molecule has 5 heteroatoms. The Balaban J connectivity index is 2.50. The zero-order valence-electron chi connectivity index (χ0n) is 12.3. The number of nitrogens with one attached hydrogen (secondary N) is 1. The molecular weight excluding hydrogens is 266 g/mol. The lowest BCUT2D eigenvalue weighted by Gasteiger charge is -2.08. The number of Topliss-reactive ketones (excluding diaryl/α,β-unsaturated/α-hetero) is 1. The summed E-state index contributed by atoms with van der Waals surface area (Å²) in [6.45, 7) is 3.61. The lowest BCUT2D eigenvalue weighted by molar-refractivity contribution is 0.102. The number of carbonyl (C=O) groups is 1. The van der Waals surface area contributed by atoms with Crippen LogP contribution in [0.25, 0.3) is 5.69 Å². The largest absolute Gasteiger partial charge is 0.394 e. The smallest absolute Gasteiger partial charge is 0.214 e. The summed E-state index contributed by atoms with van der Waals surface area (Å²) in [5, 5.41) is 6.94. The minimum atomic E-state index is -0.382. The van der Waals surface area contributed by atoms with E-state index in [1.807, 2.05) is 31.2 Å². The first-order chi connectivity index (χ1) is 10.0. The summed E-state index contributed by atoms with van der Waals surface area (Å²) in [6.07, 6.45) is 3.11. The van der Waals surface area contributed by atoms with E-state index < -0.39 is 0 Å². The van der Waals surface area contributed by atoms with Crippen LogP contribution < -0.4 is 10.7 Å². The van der Waals surface area contributed by atoms with Crippen LogP contribution in [0.1, 0.15) is 23.0 Å². The second kappa shape index (κ2) is 6.17. The molecule has 1 heterocycles. The van der Waals surface area contributed by atoms with Gasteiger partial charge in [0.05, 0.1) is 5.69 Å². The number of ketones is 1. The lowest BCUT2D eigenvalue weighted by atomic mass is 10.1. The molecule has 0 bridgehead atoms. The van der Waals surface area contributed by atoms with Crippen molar-refractivity contribution in [2.45, 2.75) is 13.8 Å². The quantitative estimate of drug-likeness (QED) is 0.687. The highest BCUT2D eigenvalue weighted by Gasteiger charge is 2.15. The lowest BCUT2D eigenvalue weighted by Crippen LogP contribution is -2.21. The molecule has 1 aromatic heterocycles. The van der Waals surface area contributed by atoms with E-state index in [0.717, 1.165) is 11.3 Å². The fourth-order valence-electron chi connectivity index (χ4n) is 1.95. The summed E-state index contributed by atoms with van der Waals surface area (Å²) >= 11 is 0. The molecule has 0 saturated carbocycles.